The lowest BCUT2D eigenvalue weighted by atomic mass is 9.46. The van der Waals surface area contributed by atoms with Crippen molar-refractivity contribution in [2.24, 2.45) is 46.3 Å². The van der Waals surface area contributed by atoms with E-state index in [9.17, 15) is 10.1 Å². The highest BCUT2D eigenvalue weighted by molar-refractivity contribution is 6.20. The van der Waals surface area contributed by atoms with Crippen molar-refractivity contribution in [3.63, 3.8) is 0 Å². The number of hydrogen-bond acceptors (Lipinski definition) is 2. The average molecular weight is 450 g/mol. The van der Waals surface area contributed by atoms with Gasteiger partial charge in [0.15, 0.2) is 0 Å². The normalized spacial score (nSPS) is 43.4. The van der Waals surface area contributed by atoms with Gasteiger partial charge < -0.3 is 0 Å². The number of rotatable bonds is 6. The minimum atomic E-state index is -0.0361. The molecule has 176 valence electrons. The van der Waals surface area contributed by atoms with Crippen LogP contribution in [-0.4, -0.2) is 10.3 Å². The lowest BCUT2D eigenvalue weighted by Gasteiger charge is -2.58. The number of alkyl halides is 1. The van der Waals surface area contributed by atoms with Crippen molar-refractivity contribution in [2.45, 2.75) is 111 Å². The third-order valence-electron chi connectivity index (χ3n) is 10.5. The Hall–Kier alpha value is -0.570. The first-order chi connectivity index (χ1) is 14.6. The van der Waals surface area contributed by atoms with Crippen LogP contribution in [0.25, 0.3) is 0 Å². The zero-order chi connectivity index (χ0) is 22.6. The van der Waals surface area contributed by atoms with Crippen LogP contribution in [0.4, 0.5) is 0 Å². The van der Waals surface area contributed by atoms with Crippen LogP contribution in [0.1, 0.15) is 105 Å². The molecule has 8 atom stereocenters. The van der Waals surface area contributed by atoms with E-state index in [0.717, 1.165) is 42.6 Å². The predicted molar refractivity (Wildman–Crippen MR) is 129 cm³/mol. The fourth-order valence-corrected chi connectivity index (χ4v) is 9.20. The Balaban J connectivity index is 1.59. The predicted octanol–water partition coefficient (Wildman–Crippen LogP) is 8.24. The molecule has 0 aromatic heterocycles. The molecule has 3 nitrogen and oxygen atoms in total. The van der Waals surface area contributed by atoms with E-state index in [2.05, 4.69) is 34.6 Å². The van der Waals surface area contributed by atoms with E-state index in [4.69, 9.17) is 11.6 Å². The molecule has 0 N–H and O–H groups in total. The molecule has 0 bridgehead atoms. The molecule has 4 heteroatoms. The van der Waals surface area contributed by atoms with Gasteiger partial charge in [0.2, 0.25) is 5.70 Å². The highest BCUT2D eigenvalue weighted by atomic mass is 35.5. The molecule has 0 spiro atoms. The van der Waals surface area contributed by atoms with Crippen LogP contribution >= 0.6 is 11.6 Å². The van der Waals surface area contributed by atoms with Crippen molar-refractivity contribution in [1.29, 1.82) is 0 Å². The van der Waals surface area contributed by atoms with E-state index in [1.54, 1.807) is 0 Å². The minimum absolute atomic E-state index is 0.000985. The van der Waals surface area contributed by atoms with Gasteiger partial charge in [0.05, 0.1) is 4.92 Å². The van der Waals surface area contributed by atoms with E-state index in [1.807, 2.05) is 0 Å². The summed E-state index contributed by atoms with van der Waals surface area (Å²) in [5, 5.41) is 12.2. The molecule has 0 saturated heterocycles. The Kier molecular flexibility index (Phi) is 6.58. The largest absolute Gasteiger partial charge is 0.259 e. The van der Waals surface area contributed by atoms with Gasteiger partial charge in [-0.2, -0.15) is 0 Å². The molecule has 0 heterocycles. The molecule has 0 aromatic carbocycles. The van der Waals surface area contributed by atoms with Crippen molar-refractivity contribution in [3.8, 4) is 0 Å². The van der Waals surface area contributed by atoms with Crippen molar-refractivity contribution >= 4 is 11.6 Å². The fraction of sp³-hybridized carbons (Fsp3) is 0.926. The van der Waals surface area contributed by atoms with Crippen LogP contribution in [0.5, 0.6) is 0 Å². The summed E-state index contributed by atoms with van der Waals surface area (Å²) in [5.41, 5.74) is 2.04. The molecule has 3 fully saturated rings. The Morgan fingerprint density at radius 2 is 1.77 bits per heavy atom. The van der Waals surface area contributed by atoms with Crippen LogP contribution in [0, 0.1) is 56.5 Å². The maximum Gasteiger partial charge on any atom is 0.246 e. The Bertz CT molecular complexity index is 733. The zero-order valence-electron chi connectivity index (χ0n) is 20.5. The van der Waals surface area contributed by atoms with Gasteiger partial charge in [-0.3, -0.25) is 10.1 Å². The standard InChI is InChI=1S/C27H44ClNO2/c1-17(2)7-6-8-18(3)21-9-10-22-20-16-25(29(30)31)24-15-19(28)11-13-27(24,5)23(20)12-14-26(21,22)4/h17-23H,6-16H2,1-5H3/t18-,19-,20-,21-,22+,23+,26+,27+/m0/s1. The van der Waals surface area contributed by atoms with Gasteiger partial charge in [-0.15, -0.1) is 11.6 Å². The van der Waals surface area contributed by atoms with Crippen molar-refractivity contribution in [2.75, 3.05) is 0 Å². The summed E-state index contributed by atoms with van der Waals surface area (Å²) in [7, 11) is 0. The lowest BCUT2D eigenvalue weighted by Crippen LogP contribution is -2.52. The second-order valence-electron chi connectivity index (χ2n) is 12.6. The second-order valence-corrected chi connectivity index (χ2v) is 13.2. The second kappa shape index (κ2) is 8.65. The van der Waals surface area contributed by atoms with Gasteiger partial charge >= 0.3 is 0 Å². The Labute approximate surface area is 194 Å². The SMILES string of the molecule is CC(C)CCC[C@H](C)[C@@H]1CC[C@@H]2[C@@H]3CC([N+](=O)[O-])=C4C[C@@H](Cl)CC[C@]4(C)[C@@H]3CC[C@@]21C. The summed E-state index contributed by atoms with van der Waals surface area (Å²) in [4.78, 5) is 12.1. The Morgan fingerprint density at radius 3 is 2.45 bits per heavy atom. The van der Waals surface area contributed by atoms with Crippen LogP contribution in [0.3, 0.4) is 0 Å². The number of halogens is 1. The van der Waals surface area contributed by atoms with Gasteiger partial charge in [0, 0.05) is 17.4 Å². The van der Waals surface area contributed by atoms with Crippen LogP contribution < -0.4 is 0 Å². The molecule has 0 amide bonds. The lowest BCUT2D eigenvalue weighted by molar-refractivity contribution is -0.434. The summed E-state index contributed by atoms with van der Waals surface area (Å²) in [6.45, 7) is 12.1. The minimum Gasteiger partial charge on any atom is -0.259 e. The van der Waals surface area contributed by atoms with E-state index in [0.29, 0.717) is 35.3 Å². The molecule has 31 heavy (non-hydrogen) atoms. The first kappa shape index (κ1) is 23.6. The van der Waals surface area contributed by atoms with Crippen LogP contribution in [0.15, 0.2) is 11.3 Å². The summed E-state index contributed by atoms with van der Waals surface area (Å²) in [6, 6.07) is 0. The fourth-order valence-electron chi connectivity index (χ4n) is 8.94. The van der Waals surface area contributed by atoms with Gasteiger partial charge in [-0.05, 0) is 91.3 Å². The molecule has 0 aliphatic heterocycles. The topological polar surface area (TPSA) is 43.1 Å². The van der Waals surface area contributed by atoms with Gasteiger partial charge in [-0.25, -0.2) is 0 Å². The maximum absolute atomic E-state index is 12.2. The summed E-state index contributed by atoms with van der Waals surface area (Å²) in [6.07, 6.45) is 12.7. The number of fused-ring (bicyclic) bond motifs is 5. The average Bonchev–Trinajstić information content (AvgIpc) is 3.05. The highest BCUT2D eigenvalue weighted by Crippen LogP contribution is 2.68. The summed E-state index contributed by atoms with van der Waals surface area (Å²) >= 11 is 6.51. The van der Waals surface area contributed by atoms with Crippen molar-refractivity contribution < 1.29 is 4.92 Å². The Morgan fingerprint density at radius 1 is 1.03 bits per heavy atom. The molecule has 0 aromatic rings. The molecule has 4 aliphatic carbocycles. The number of nitrogens with zero attached hydrogens (tertiary/aromatic N) is 1. The molecule has 0 radical (unpaired) electrons. The molecular weight excluding hydrogens is 406 g/mol. The van der Waals surface area contributed by atoms with Crippen LogP contribution in [-0.2, 0) is 0 Å². The van der Waals surface area contributed by atoms with E-state index in [1.165, 1.54) is 44.9 Å². The van der Waals surface area contributed by atoms with E-state index in [-0.39, 0.29) is 15.7 Å². The zero-order valence-corrected chi connectivity index (χ0v) is 21.2. The first-order valence-corrected chi connectivity index (χ1v) is 13.5. The first-order valence-electron chi connectivity index (χ1n) is 13.1. The van der Waals surface area contributed by atoms with Gasteiger partial charge in [-0.1, -0.05) is 53.9 Å². The van der Waals surface area contributed by atoms with Gasteiger partial charge in [0.1, 0.15) is 0 Å². The number of allylic oxidation sites excluding steroid dienone is 2. The van der Waals surface area contributed by atoms with E-state index < -0.39 is 0 Å². The molecule has 4 rings (SSSR count). The third kappa shape index (κ3) is 4.00. The van der Waals surface area contributed by atoms with E-state index >= 15 is 0 Å². The van der Waals surface area contributed by atoms with Crippen molar-refractivity contribution in [3.05, 3.63) is 21.4 Å². The number of hydrogen-bond donors (Lipinski definition) is 0. The molecule has 4 aliphatic rings. The quantitative estimate of drug-likeness (QED) is 0.232. The summed E-state index contributed by atoms with van der Waals surface area (Å²) in [5.74, 6) is 4.13. The van der Waals surface area contributed by atoms with Crippen molar-refractivity contribution in [1.82, 2.24) is 0 Å². The molecule has 0 unspecified atom stereocenters. The third-order valence-corrected chi connectivity index (χ3v) is 10.9. The summed E-state index contributed by atoms with van der Waals surface area (Å²) < 4.78 is 0. The molecule has 3 saturated carbocycles. The maximum atomic E-state index is 12.2. The monoisotopic (exact) mass is 449 g/mol. The smallest absolute Gasteiger partial charge is 0.246 e. The van der Waals surface area contributed by atoms with Gasteiger partial charge in [0.25, 0.3) is 0 Å². The van der Waals surface area contributed by atoms with Crippen LogP contribution in [0.2, 0.25) is 0 Å². The highest BCUT2D eigenvalue weighted by Gasteiger charge is 2.61. The number of nitro groups is 1. The molecular formula is C27H44ClNO2.